The SMILES string of the molecule is O=C(Nc1ccc(C[C@H](NC(=O)[C@H]2[C@@H](c3ccccc3)CCN2S(=O)(=O)c2cc(Cl)cc(Cl)c2)C(=O)O)cc1)c1c(Cl)cncc1Cl. The standard InChI is InChI=1S/C32H26Cl4N4O6S/c33-20-13-21(34)15-23(14-20)47(45,46)40-11-10-24(19-4-2-1-3-5-19)29(40)31(42)39-27(32(43)44)12-18-6-8-22(9-7-18)38-30(41)28-25(35)16-37-17-26(28)36/h1-9,13-17,24,27,29H,10-12H2,(H,38,41)(H,39,42)(H,43,44)/t24-,27+,29-/m1/s1. The molecule has 2 heterocycles. The fourth-order valence-electron chi connectivity index (χ4n) is 5.45. The average Bonchev–Trinajstić information content (AvgIpc) is 3.48. The number of aliphatic carboxylic acids is 1. The van der Waals surface area contributed by atoms with Crippen molar-refractivity contribution in [3.63, 3.8) is 0 Å². The van der Waals surface area contributed by atoms with Gasteiger partial charge in [0.25, 0.3) is 5.91 Å². The summed E-state index contributed by atoms with van der Waals surface area (Å²) < 4.78 is 28.8. The highest BCUT2D eigenvalue weighted by Gasteiger charge is 2.47. The van der Waals surface area contributed by atoms with E-state index in [9.17, 15) is 27.9 Å². The van der Waals surface area contributed by atoms with Gasteiger partial charge in [0.05, 0.1) is 20.5 Å². The Balaban J connectivity index is 1.36. The topological polar surface area (TPSA) is 146 Å². The van der Waals surface area contributed by atoms with E-state index in [1.807, 2.05) is 0 Å². The van der Waals surface area contributed by atoms with Crippen LogP contribution in [0.15, 0.2) is 90.1 Å². The minimum absolute atomic E-state index is 0.00491. The summed E-state index contributed by atoms with van der Waals surface area (Å²) in [6.45, 7) is 0.00491. The molecule has 10 nitrogen and oxygen atoms in total. The van der Waals surface area contributed by atoms with Gasteiger partial charge in [0.15, 0.2) is 0 Å². The number of carboxylic acid groups (broad SMARTS) is 1. The van der Waals surface area contributed by atoms with Gasteiger partial charge in [0.2, 0.25) is 15.9 Å². The lowest BCUT2D eigenvalue weighted by Gasteiger charge is -2.28. The van der Waals surface area contributed by atoms with Crippen molar-refractivity contribution in [3.8, 4) is 0 Å². The maximum atomic E-state index is 13.9. The summed E-state index contributed by atoms with van der Waals surface area (Å²) in [7, 11) is -4.27. The van der Waals surface area contributed by atoms with E-state index >= 15 is 0 Å². The van der Waals surface area contributed by atoms with E-state index < -0.39 is 45.8 Å². The number of benzene rings is 3. The van der Waals surface area contributed by atoms with Crippen molar-refractivity contribution in [2.75, 3.05) is 11.9 Å². The minimum Gasteiger partial charge on any atom is -0.480 e. The lowest BCUT2D eigenvalue weighted by molar-refractivity contribution is -0.142. The van der Waals surface area contributed by atoms with Gasteiger partial charge in [-0.2, -0.15) is 4.31 Å². The van der Waals surface area contributed by atoms with Gasteiger partial charge in [-0.05, 0) is 47.9 Å². The number of pyridine rings is 1. The number of carbonyl (C=O) groups is 3. The third-order valence-electron chi connectivity index (χ3n) is 7.64. The Bertz CT molecular complexity index is 1890. The molecule has 4 aromatic rings. The molecule has 0 aliphatic carbocycles. The van der Waals surface area contributed by atoms with Gasteiger partial charge in [-0.25, -0.2) is 13.2 Å². The number of sulfonamides is 1. The highest BCUT2D eigenvalue weighted by molar-refractivity contribution is 7.89. The van der Waals surface area contributed by atoms with Crippen LogP contribution in [0, 0.1) is 0 Å². The van der Waals surface area contributed by atoms with Gasteiger partial charge < -0.3 is 15.7 Å². The first-order valence-corrected chi connectivity index (χ1v) is 17.1. The van der Waals surface area contributed by atoms with Gasteiger partial charge in [-0.15, -0.1) is 0 Å². The molecule has 0 spiro atoms. The highest BCUT2D eigenvalue weighted by atomic mass is 35.5. The van der Waals surface area contributed by atoms with Crippen molar-refractivity contribution in [2.24, 2.45) is 0 Å². The van der Waals surface area contributed by atoms with Crippen LogP contribution >= 0.6 is 46.4 Å². The van der Waals surface area contributed by atoms with Gasteiger partial charge in [0.1, 0.15) is 12.1 Å². The molecule has 0 radical (unpaired) electrons. The second kappa shape index (κ2) is 14.6. The van der Waals surface area contributed by atoms with E-state index in [1.165, 1.54) is 30.6 Å². The van der Waals surface area contributed by atoms with E-state index in [4.69, 9.17) is 46.4 Å². The number of anilines is 1. The van der Waals surface area contributed by atoms with E-state index in [0.717, 1.165) is 9.87 Å². The van der Waals surface area contributed by atoms with Crippen LogP contribution in [0.2, 0.25) is 20.1 Å². The van der Waals surface area contributed by atoms with Crippen LogP contribution in [0.4, 0.5) is 5.69 Å². The number of carboxylic acids is 1. The summed E-state index contributed by atoms with van der Waals surface area (Å²) in [4.78, 5) is 42.6. The molecule has 15 heteroatoms. The Morgan fingerprint density at radius 3 is 2.13 bits per heavy atom. The number of nitrogens with one attached hydrogen (secondary N) is 2. The van der Waals surface area contributed by atoms with Gasteiger partial charge >= 0.3 is 5.97 Å². The summed E-state index contributed by atoms with van der Waals surface area (Å²) >= 11 is 24.3. The van der Waals surface area contributed by atoms with Crippen molar-refractivity contribution in [1.82, 2.24) is 14.6 Å². The predicted octanol–water partition coefficient (Wildman–Crippen LogP) is 6.31. The molecule has 0 saturated carbocycles. The first kappa shape index (κ1) is 34.6. The Labute approximate surface area is 290 Å². The number of halogens is 4. The molecule has 1 saturated heterocycles. The molecule has 1 aliphatic rings. The van der Waals surface area contributed by atoms with Crippen molar-refractivity contribution in [3.05, 3.63) is 122 Å². The van der Waals surface area contributed by atoms with Gasteiger partial charge in [-0.1, -0.05) is 88.9 Å². The first-order valence-electron chi connectivity index (χ1n) is 14.1. The molecule has 0 unspecified atom stereocenters. The number of aromatic nitrogens is 1. The molecule has 3 aromatic carbocycles. The first-order chi connectivity index (χ1) is 22.3. The molecule has 3 N–H and O–H groups in total. The zero-order chi connectivity index (χ0) is 33.9. The van der Waals surface area contributed by atoms with Crippen LogP contribution in [-0.2, 0) is 26.0 Å². The Kier molecular flexibility index (Phi) is 10.7. The second-order valence-electron chi connectivity index (χ2n) is 10.7. The summed E-state index contributed by atoms with van der Waals surface area (Å²) in [5, 5.41) is 15.7. The second-order valence-corrected chi connectivity index (χ2v) is 14.3. The fourth-order valence-corrected chi connectivity index (χ4v) is 8.35. The van der Waals surface area contributed by atoms with Crippen LogP contribution in [0.3, 0.4) is 0 Å². The molecule has 244 valence electrons. The summed E-state index contributed by atoms with van der Waals surface area (Å²) in [5.41, 5.74) is 1.70. The molecule has 3 atom stereocenters. The molecule has 0 bridgehead atoms. The Morgan fingerprint density at radius 1 is 0.915 bits per heavy atom. The molecular weight excluding hydrogens is 710 g/mol. The molecule has 1 aliphatic heterocycles. The Morgan fingerprint density at radius 2 is 1.53 bits per heavy atom. The van der Waals surface area contributed by atoms with Crippen LogP contribution in [0.25, 0.3) is 0 Å². The monoisotopic (exact) mass is 734 g/mol. The fraction of sp³-hybridized carbons (Fsp3) is 0.188. The molecule has 1 aromatic heterocycles. The van der Waals surface area contributed by atoms with Crippen molar-refractivity contribution < 1.29 is 27.9 Å². The summed E-state index contributed by atoms with van der Waals surface area (Å²) in [5.74, 6) is -3.20. The third-order valence-corrected chi connectivity index (χ3v) is 10.5. The van der Waals surface area contributed by atoms with Gasteiger partial charge in [0, 0.05) is 47.0 Å². The van der Waals surface area contributed by atoms with Crippen molar-refractivity contribution in [2.45, 2.75) is 35.7 Å². The van der Waals surface area contributed by atoms with Crippen LogP contribution < -0.4 is 10.6 Å². The van der Waals surface area contributed by atoms with E-state index in [1.54, 1.807) is 54.6 Å². The number of carbonyl (C=O) groups excluding carboxylic acids is 2. The molecule has 1 fully saturated rings. The van der Waals surface area contributed by atoms with Crippen molar-refractivity contribution >= 4 is 79.9 Å². The maximum Gasteiger partial charge on any atom is 0.326 e. The lowest BCUT2D eigenvalue weighted by atomic mass is 9.91. The van der Waals surface area contributed by atoms with Crippen LogP contribution in [0.1, 0.15) is 33.8 Å². The molecule has 47 heavy (non-hydrogen) atoms. The van der Waals surface area contributed by atoms with E-state index in [2.05, 4.69) is 15.6 Å². The Hall–Kier alpha value is -3.71. The molecule has 5 rings (SSSR count). The number of hydrogen-bond acceptors (Lipinski definition) is 6. The van der Waals surface area contributed by atoms with E-state index in [-0.39, 0.29) is 43.5 Å². The summed E-state index contributed by atoms with van der Waals surface area (Å²) in [6, 6.07) is 16.5. The number of hydrogen-bond donors (Lipinski definition) is 3. The lowest BCUT2D eigenvalue weighted by Crippen LogP contribution is -2.52. The minimum atomic E-state index is -4.27. The molecule has 2 amide bonds. The highest BCUT2D eigenvalue weighted by Crippen LogP contribution is 2.38. The zero-order valence-corrected chi connectivity index (χ0v) is 28.1. The van der Waals surface area contributed by atoms with E-state index in [0.29, 0.717) is 17.7 Å². The molecular formula is C32H26Cl4N4O6S. The third kappa shape index (κ3) is 7.89. The smallest absolute Gasteiger partial charge is 0.326 e. The number of amides is 2. The maximum absolute atomic E-state index is 13.9. The quantitative estimate of drug-likeness (QED) is 0.173. The van der Waals surface area contributed by atoms with Gasteiger partial charge in [-0.3, -0.25) is 14.6 Å². The van der Waals surface area contributed by atoms with Crippen LogP contribution in [0.5, 0.6) is 0 Å². The summed E-state index contributed by atoms with van der Waals surface area (Å²) in [6.07, 6.45) is 2.77. The largest absolute Gasteiger partial charge is 0.480 e. The average molecular weight is 736 g/mol. The normalized spacial score (nSPS) is 17.2. The zero-order valence-electron chi connectivity index (χ0n) is 24.2. The predicted molar refractivity (Wildman–Crippen MR) is 180 cm³/mol. The number of nitrogens with zero attached hydrogens (tertiary/aromatic N) is 2. The van der Waals surface area contributed by atoms with Crippen molar-refractivity contribution in [1.29, 1.82) is 0 Å². The number of rotatable bonds is 10. The van der Waals surface area contributed by atoms with Crippen LogP contribution in [-0.4, -0.2) is 59.2 Å².